The van der Waals surface area contributed by atoms with Crippen LogP contribution in [0.15, 0.2) is 47.5 Å². The van der Waals surface area contributed by atoms with Gasteiger partial charge in [0.25, 0.3) is 11.8 Å². The molecule has 1 N–H and O–H groups in total. The monoisotopic (exact) mass is 445 g/mol. The highest BCUT2D eigenvalue weighted by Crippen LogP contribution is 2.34. The van der Waals surface area contributed by atoms with Gasteiger partial charge in [-0.25, -0.2) is 0 Å². The van der Waals surface area contributed by atoms with Gasteiger partial charge in [-0.2, -0.15) is 0 Å². The normalized spacial score (nSPS) is 18.1. The highest BCUT2D eigenvalue weighted by molar-refractivity contribution is 7.11. The topological polar surface area (TPSA) is 64.1 Å². The van der Waals surface area contributed by atoms with E-state index < -0.39 is 0 Å². The Morgan fingerprint density at radius 1 is 0.967 bits per heavy atom. The number of aliphatic hydroxyl groups is 1. The summed E-state index contributed by atoms with van der Waals surface area (Å²) in [6.45, 7) is 3.93. The maximum Gasteiger partial charge on any atom is 0.277 e. The van der Waals surface area contributed by atoms with Crippen molar-refractivity contribution in [2.75, 3.05) is 45.9 Å². The van der Waals surface area contributed by atoms with Gasteiger partial charge in [-0.15, -0.1) is 11.3 Å². The molecule has 0 aliphatic carbocycles. The number of halogens is 1. The van der Waals surface area contributed by atoms with Crippen LogP contribution in [0.3, 0.4) is 0 Å². The first-order valence-corrected chi connectivity index (χ1v) is 11.3. The molecular formula is C22H24ClN3O3S. The van der Waals surface area contributed by atoms with Crippen molar-refractivity contribution in [3.05, 3.63) is 62.9 Å². The molecule has 0 unspecified atom stereocenters. The number of amides is 2. The van der Waals surface area contributed by atoms with Crippen LogP contribution in [-0.2, 0) is 16.0 Å². The molecule has 0 spiro atoms. The quantitative estimate of drug-likeness (QED) is 0.663. The number of hydrogen-bond donors (Lipinski definition) is 1. The number of nitrogens with zero attached hydrogens (tertiary/aromatic N) is 3. The van der Waals surface area contributed by atoms with Crippen LogP contribution in [0.1, 0.15) is 10.4 Å². The maximum absolute atomic E-state index is 13.3. The Bertz CT molecular complexity index is 935. The third-order valence-corrected chi connectivity index (χ3v) is 6.69. The van der Waals surface area contributed by atoms with Gasteiger partial charge in [0, 0.05) is 49.2 Å². The van der Waals surface area contributed by atoms with E-state index in [4.69, 9.17) is 16.7 Å². The third-order valence-electron chi connectivity index (χ3n) is 5.55. The van der Waals surface area contributed by atoms with Gasteiger partial charge in [0.2, 0.25) is 0 Å². The Kier molecular flexibility index (Phi) is 6.53. The van der Waals surface area contributed by atoms with Crippen molar-refractivity contribution in [2.24, 2.45) is 0 Å². The number of imide groups is 1. The number of piperazine rings is 1. The molecule has 0 radical (unpaired) electrons. The molecule has 1 aromatic carbocycles. The Hall–Kier alpha value is -2.19. The fourth-order valence-electron chi connectivity index (χ4n) is 3.93. The highest BCUT2D eigenvalue weighted by Gasteiger charge is 2.42. The summed E-state index contributed by atoms with van der Waals surface area (Å²) in [6.07, 6.45) is 0.587. The average Bonchev–Trinajstić information content (AvgIpc) is 3.35. The average molecular weight is 446 g/mol. The molecule has 158 valence electrons. The van der Waals surface area contributed by atoms with Crippen LogP contribution >= 0.6 is 22.9 Å². The summed E-state index contributed by atoms with van der Waals surface area (Å²) in [5, 5.41) is 11.8. The maximum atomic E-state index is 13.3. The van der Waals surface area contributed by atoms with E-state index >= 15 is 0 Å². The molecule has 1 fully saturated rings. The fraction of sp³-hybridized carbons (Fsp3) is 0.364. The molecule has 0 saturated carbocycles. The number of carbonyl (C=O) groups excluding carboxylic acids is 2. The second kappa shape index (κ2) is 9.31. The van der Waals surface area contributed by atoms with E-state index in [-0.39, 0.29) is 18.4 Å². The predicted octanol–water partition coefficient (Wildman–Crippen LogP) is 2.33. The summed E-state index contributed by atoms with van der Waals surface area (Å²) in [5.41, 5.74) is 2.06. The standard InChI is InChI=1S/C22H24ClN3O3S/c23-17-5-3-16(4-6-17)7-8-26-21(28)19(18-2-1-15-30-18)20(22(26)29)25-11-9-24(10-12-25)13-14-27/h1-6,15,27H,7-14H2. The highest BCUT2D eigenvalue weighted by atomic mass is 35.5. The second-order valence-corrected chi connectivity index (χ2v) is 8.78. The van der Waals surface area contributed by atoms with Crippen LogP contribution in [0.4, 0.5) is 0 Å². The molecule has 2 amide bonds. The third kappa shape index (κ3) is 4.30. The lowest BCUT2D eigenvalue weighted by Crippen LogP contribution is -2.48. The van der Waals surface area contributed by atoms with Crippen LogP contribution < -0.4 is 0 Å². The molecule has 0 bridgehead atoms. The molecule has 2 aromatic rings. The van der Waals surface area contributed by atoms with Crippen molar-refractivity contribution in [1.29, 1.82) is 0 Å². The molecule has 30 heavy (non-hydrogen) atoms. The number of β-amino-alcohol motifs (C(OH)–C–C–N with tert-alkyl or cyclic N) is 1. The number of benzene rings is 1. The van der Waals surface area contributed by atoms with Gasteiger partial charge < -0.3 is 10.0 Å². The van der Waals surface area contributed by atoms with Crippen LogP contribution in [0.25, 0.3) is 5.57 Å². The first kappa shape index (κ1) is 21.1. The van der Waals surface area contributed by atoms with E-state index in [0.29, 0.717) is 48.9 Å². The minimum Gasteiger partial charge on any atom is -0.395 e. The molecule has 6 nitrogen and oxygen atoms in total. The molecule has 4 rings (SSSR count). The molecule has 8 heteroatoms. The van der Waals surface area contributed by atoms with Gasteiger partial charge in [0.15, 0.2) is 0 Å². The molecule has 1 aromatic heterocycles. The summed E-state index contributed by atoms with van der Waals surface area (Å²) in [5.74, 6) is -0.433. The van der Waals surface area contributed by atoms with Crippen molar-refractivity contribution in [2.45, 2.75) is 6.42 Å². The van der Waals surface area contributed by atoms with Crippen molar-refractivity contribution < 1.29 is 14.7 Å². The predicted molar refractivity (Wildman–Crippen MR) is 118 cm³/mol. The number of rotatable bonds is 7. The lowest BCUT2D eigenvalue weighted by atomic mass is 10.1. The van der Waals surface area contributed by atoms with E-state index in [1.807, 2.05) is 46.7 Å². The smallest absolute Gasteiger partial charge is 0.277 e. The van der Waals surface area contributed by atoms with Gasteiger partial charge in [-0.3, -0.25) is 19.4 Å². The Morgan fingerprint density at radius 3 is 2.33 bits per heavy atom. The zero-order valence-corrected chi connectivity index (χ0v) is 18.2. The lowest BCUT2D eigenvalue weighted by molar-refractivity contribution is -0.137. The minimum atomic E-state index is -0.218. The van der Waals surface area contributed by atoms with E-state index in [0.717, 1.165) is 23.5 Å². The summed E-state index contributed by atoms with van der Waals surface area (Å²) >= 11 is 7.43. The molecule has 2 aliphatic heterocycles. The van der Waals surface area contributed by atoms with Gasteiger partial charge >= 0.3 is 0 Å². The van der Waals surface area contributed by atoms with E-state index in [1.54, 1.807) is 0 Å². The zero-order chi connectivity index (χ0) is 21.1. The molecular weight excluding hydrogens is 422 g/mol. The Labute approximate surface area is 185 Å². The van der Waals surface area contributed by atoms with Gasteiger partial charge in [0.1, 0.15) is 5.70 Å². The Balaban J connectivity index is 1.55. The van der Waals surface area contributed by atoms with E-state index in [2.05, 4.69) is 4.90 Å². The fourth-order valence-corrected chi connectivity index (χ4v) is 4.82. The molecule has 2 aliphatic rings. The van der Waals surface area contributed by atoms with E-state index in [9.17, 15) is 9.59 Å². The first-order valence-electron chi connectivity index (χ1n) is 10.1. The summed E-state index contributed by atoms with van der Waals surface area (Å²) in [4.78, 5) is 33.0. The molecule has 1 saturated heterocycles. The SMILES string of the molecule is O=C1C(c2cccs2)=C(N2CCN(CCO)CC2)C(=O)N1CCc1ccc(Cl)cc1. The number of aliphatic hydroxyl groups excluding tert-OH is 1. The lowest BCUT2D eigenvalue weighted by Gasteiger charge is -2.36. The number of hydrogen-bond acceptors (Lipinski definition) is 6. The van der Waals surface area contributed by atoms with Gasteiger partial charge in [-0.1, -0.05) is 29.8 Å². The number of carbonyl (C=O) groups is 2. The molecule has 0 atom stereocenters. The summed E-state index contributed by atoms with van der Waals surface area (Å²) < 4.78 is 0. The van der Waals surface area contributed by atoms with Crippen LogP contribution in [0, 0.1) is 0 Å². The second-order valence-electron chi connectivity index (χ2n) is 7.39. The van der Waals surface area contributed by atoms with Crippen molar-refractivity contribution in [1.82, 2.24) is 14.7 Å². The largest absolute Gasteiger partial charge is 0.395 e. The van der Waals surface area contributed by atoms with Crippen LogP contribution in [-0.4, -0.2) is 77.5 Å². The summed E-state index contributed by atoms with van der Waals surface area (Å²) in [7, 11) is 0. The Morgan fingerprint density at radius 2 is 1.70 bits per heavy atom. The first-order chi connectivity index (χ1) is 14.6. The minimum absolute atomic E-state index is 0.124. The van der Waals surface area contributed by atoms with E-state index in [1.165, 1.54) is 16.2 Å². The van der Waals surface area contributed by atoms with Crippen molar-refractivity contribution in [3.8, 4) is 0 Å². The van der Waals surface area contributed by atoms with Gasteiger partial charge in [-0.05, 0) is 35.6 Å². The molecule has 3 heterocycles. The van der Waals surface area contributed by atoms with Gasteiger partial charge in [0.05, 0.1) is 12.2 Å². The van der Waals surface area contributed by atoms with Crippen molar-refractivity contribution >= 4 is 40.3 Å². The van der Waals surface area contributed by atoms with Crippen molar-refractivity contribution in [3.63, 3.8) is 0 Å². The van der Waals surface area contributed by atoms with Crippen LogP contribution in [0.2, 0.25) is 5.02 Å². The number of thiophene rings is 1. The van der Waals surface area contributed by atoms with Crippen LogP contribution in [0.5, 0.6) is 0 Å². The zero-order valence-electron chi connectivity index (χ0n) is 16.6. The summed E-state index contributed by atoms with van der Waals surface area (Å²) in [6, 6.07) is 11.3.